The van der Waals surface area contributed by atoms with Gasteiger partial charge in [0.2, 0.25) is 11.9 Å². The first-order valence-corrected chi connectivity index (χ1v) is 42.2. The number of imidazole rings is 1. The SMILES string of the molecule is CC(C)(C)Nc1ncccc1-c1nc2cnccc2n1-c1cccc(F)c1F.CC(C)(C)Nc1ncccc1C(=O)Nc1cnccc1Nc1cccc(F)c1F.Nc1cccc(F)c1F.Nc1cnccc1Nc1cccc(F)c1F.O=C(Nc1cnccc1Nc1cccc(F)c1F)c1cccnc1F.O=C(O)c1cccnc1F.O=[N+]([O-])c1cnccc1Cl.O=[N+]([O-])c1cnccc1Nc1cccc(F)c1F. The summed E-state index contributed by atoms with van der Waals surface area (Å²) in [6.07, 6.45) is 22.3. The second-order valence-corrected chi connectivity index (χ2v) is 31.6. The van der Waals surface area contributed by atoms with Gasteiger partial charge in [-0.3, -0.25) is 64.3 Å². The monoisotopic (exact) mass is 2020 g/mol. The number of aromatic nitrogens is 12. The van der Waals surface area contributed by atoms with E-state index in [0.29, 0.717) is 62.4 Å². The van der Waals surface area contributed by atoms with Gasteiger partial charge >= 0.3 is 17.3 Å². The van der Waals surface area contributed by atoms with E-state index in [0.717, 1.165) is 54.9 Å². The van der Waals surface area contributed by atoms with Crippen molar-refractivity contribution >= 4 is 132 Å². The minimum atomic E-state index is -1.30. The highest BCUT2D eigenvalue weighted by atomic mass is 35.5. The minimum Gasteiger partial charge on any atom is -0.478 e. The van der Waals surface area contributed by atoms with Crippen molar-refractivity contribution in [3.8, 4) is 17.1 Å². The van der Waals surface area contributed by atoms with E-state index >= 15 is 0 Å². The number of hydrogen-bond acceptors (Lipinski definition) is 26. The van der Waals surface area contributed by atoms with E-state index in [2.05, 4.69) is 97.4 Å². The first-order chi connectivity index (χ1) is 69.1. The van der Waals surface area contributed by atoms with E-state index in [-0.39, 0.29) is 84.2 Å². The van der Waals surface area contributed by atoms with Gasteiger partial charge in [0.05, 0.1) is 125 Å². The summed E-state index contributed by atoms with van der Waals surface area (Å²) in [7, 11) is 0. The van der Waals surface area contributed by atoms with Crippen molar-refractivity contribution in [2.45, 2.75) is 52.6 Å². The third-order valence-corrected chi connectivity index (χ3v) is 18.8. The van der Waals surface area contributed by atoms with E-state index in [1.54, 1.807) is 65.8 Å². The highest BCUT2D eigenvalue weighted by Crippen LogP contribution is 2.37. The zero-order valence-electron chi connectivity index (χ0n) is 76.1. The van der Waals surface area contributed by atoms with Crippen LogP contribution in [0.3, 0.4) is 0 Å². The lowest BCUT2D eigenvalue weighted by molar-refractivity contribution is -0.385. The molecule has 0 bridgehead atoms. The third kappa shape index (κ3) is 30.6. The van der Waals surface area contributed by atoms with Gasteiger partial charge in [-0.2, -0.15) is 8.78 Å². The van der Waals surface area contributed by atoms with E-state index in [9.17, 15) is 96.1 Å². The van der Waals surface area contributed by atoms with Crippen LogP contribution in [0.4, 0.5) is 153 Å². The quantitative estimate of drug-likeness (QED) is 0.0118. The summed E-state index contributed by atoms with van der Waals surface area (Å²) in [4.78, 5) is 97.6. The molecule has 11 heterocycles. The van der Waals surface area contributed by atoms with E-state index in [1.807, 2.05) is 47.6 Å². The van der Waals surface area contributed by atoms with Crippen molar-refractivity contribution in [1.29, 1.82) is 0 Å². The maximum absolute atomic E-state index is 14.7. The van der Waals surface area contributed by atoms with Crippen molar-refractivity contribution < 1.29 is 90.8 Å². The molecule has 0 aliphatic carbocycles. The first kappa shape index (κ1) is 108. The van der Waals surface area contributed by atoms with Crippen molar-refractivity contribution in [1.82, 2.24) is 59.4 Å². The Kier molecular flexibility index (Phi) is 37.8. The van der Waals surface area contributed by atoms with Gasteiger partial charge in [0.1, 0.15) is 51.6 Å². The number of carboxylic acids is 1. The van der Waals surface area contributed by atoms with Gasteiger partial charge in [0, 0.05) is 73.0 Å². The number of rotatable bonds is 19. The maximum Gasteiger partial charge on any atom is 0.340 e. The van der Waals surface area contributed by atoms with Crippen molar-refractivity contribution in [2.75, 3.05) is 54.0 Å². The first-order valence-electron chi connectivity index (χ1n) is 41.8. The molecule has 13 N–H and O–H groups in total. The number of carboxylic acid groups (broad SMARTS) is 1. The minimum absolute atomic E-state index is 0.0397. The fraction of sp³-hybridized carbons (Fsp3) is 0.0816. The summed E-state index contributed by atoms with van der Waals surface area (Å²) in [5.74, 6) is -14.6. The number of nitrogens with zero attached hydrogens (tertiary/aromatic N) is 14. The predicted octanol–water partition coefficient (Wildman–Crippen LogP) is 23.6. The average Bonchev–Trinajstić information content (AvgIpc) is 1.60. The van der Waals surface area contributed by atoms with Gasteiger partial charge in [-0.25, -0.2) is 82.4 Å². The number of carbonyl (C=O) groups is 3. The van der Waals surface area contributed by atoms with Crippen molar-refractivity contribution in [2.24, 2.45) is 0 Å². The Bertz CT molecular complexity index is 7400. The van der Waals surface area contributed by atoms with Crippen LogP contribution in [0.5, 0.6) is 0 Å². The maximum atomic E-state index is 14.7. The normalized spacial score (nSPS) is 10.5. The molecule has 6 aromatic carbocycles. The second-order valence-electron chi connectivity index (χ2n) is 31.2. The fourth-order valence-corrected chi connectivity index (χ4v) is 12.1. The molecule has 0 atom stereocenters. The lowest BCUT2D eigenvalue weighted by Crippen LogP contribution is -2.28. The predicted molar refractivity (Wildman–Crippen MR) is 518 cm³/mol. The molecule has 0 saturated heterocycles. The van der Waals surface area contributed by atoms with Crippen LogP contribution in [0.2, 0.25) is 5.02 Å². The Morgan fingerprint density at radius 3 is 1.18 bits per heavy atom. The van der Waals surface area contributed by atoms with Crippen LogP contribution in [0.1, 0.15) is 72.6 Å². The molecule has 11 aromatic heterocycles. The number of amides is 2. The highest BCUT2D eigenvalue weighted by Gasteiger charge is 2.27. The molecule has 32 nitrogen and oxygen atoms in total. The zero-order valence-corrected chi connectivity index (χ0v) is 76.9. The Labute approximate surface area is 818 Å². The number of halogens is 15. The number of hydrogen-bond donors (Lipinski definition) is 11. The van der Waals surface area contributed by atoms with Crippen LogP contribution in [0.25, 0.3) is 28.1 Å². The molecule has 0 saturated carbocycles. The van der Waals surface area contributed by atoms with Gasteiger partial charge in [-0.05, 0) is 199 Å². The van der Waals surface area contributed by atoms with Gasteiger partial charge < -0.3 is 59.1 Å². The molecule has 0 fully saturated rings. The number of nitrogens with one attached hydrogen (secondary N) is 8. The summed E-state index contributed by atoms with van der Waals surface area (Å²) < 4.78 is 188. The number of benzene rings is 6. The molecule has 0 aliphatic heterocycles. The molecule has 0 spiro atoms. The Balaban J connectivity index is 0.000000175. The Hall–Kier alpha value is -18.8. The standard InChI is InChI=1S/C21H21F2N5O.C21H19F2N5.C17H11F3N4O.C11H7F2N3O2.C11H9F2N3.C6H5F2N.C6H4FNO2.C5H3ClN2O2/c1-21(2,3)28-19-13(6-5-10-25-19)20(29)27-17-12-24-11-9-15(17)26-16-8-4-7-14(22)18(16)23;1-21(2,3)27-19-13(6-5-10-25-19)20-26-15-12-24-11-9-16(15)28(20)17-8-4-7-14(22)18(17)23;18-11-4-1-5-13(15(11)19)23-12-6-8-21-9-14(12)24-17(25)10-3-2-7-22-16(10)20;12-7-2-1-3-9(11(7)13)15-8-4-5-14-6-10(8)16(17)18;12-7-2-1-3-10(11(7)13)16-9-4-5-15-6-8(9)14;7-4-2-1-3-5(9)6(4)8;7-5-4(6(9)10)2-1-3-8-5;6-4-1-2-7-3-5(4)8(9)10/h4-12H,1-3H3,(H,24,26)(H,25,28)(H,27,29);4-12H,1-3H3,(H,25,27);1-9H,(H,21,23)(H,24,25);1-6H,(H,14,15);1-6H,14H2,(H,15,16);1-3H,9H2;1-3H,(H,9,10);1-3H. The van der Waals surface area contributed by atoms with Gasteiger partial charge in [-0.1, -0.05) is 48.0 Å². The number of fused-ring (bicyclic) bond motifs is 1. The number of nitrogen functional groups attached to an aromatic ring is 2. The third-order valence-electron chi connectivity index (χ3n) is 18.5. The molecule has 0 unspecified atom stereocenters. The molecule has 2 amide bonds. The zero-order chi connectivity index (χ0) is 105. The van der Waals surface area contributed by atoms with Crippen molar-refractivity contribution in [3.05, 3.63) is 417 Å². The number of aromatic carboxylic acids is 1. The molecule has 17 aromatic rings. The van der Waals surface area contributed by atoms with Crippen LogP contribution in [-0.4, -0.2) is 103 Å². The summed E-state index contributed by atoms with van der Waals surface area (Å²) in [6, 6.07) is 43.8. The molecular formula is C98H79ClF14N24O8. The van der Waals surface area contributed by atoms with Crippen LogP contribution >= 0.6 is 11.6 Å². The Morgan fingerprint density at radius 1 is 0.359 bits per heavy atom. The molecule has 744 valence electrons. The molecule has 0 radical (unpaired) electrons. The van der Waals surface area contributed by atoms with Crippen LogP contribution in [0, 0.1) is 102 Å². The van der Waals surface area contributed by atoms with Crippen molar-refractivity contribution in [3.63, 3.8) is 0 Å². The lowest BCUT2D eigenvalue weighted by atomic mass is 10.1. The summed E-state index contributed by atoms with van der Waals surface area (Å²) in [5, 5.41) is 51.6. The number of carbonyl (C=O) groups excluding carboxylic acids is 2. The number of pyridine rings is 10. The van der Waals surface area contributed by atoms with E-state index < -0.39 is 115 Å². The smallest absolute Gasteiger partial charge is 0.340 e. The molecular weight excluding hydrogens is 1940 g/mol. The second kappa shape index (κ2) is 50.7. The summed E-state index contributed by atoms with van der Waals surface area (Å²) in [5.41, 5.74) is 12.8. The molecule has 17 rings (SSSR count). The van der Waals surface area contributed by atoms with Crippen LogP contribution < -0.4 is 54.0 Å². The molecule has 47 heteroatoms. The highest BCUT2D eigenvalue weighted by molar-refractivity contribution is 6.32. The number of nitro groups is 2. The molecule has 145 heavy (non-hydrogen) atoms. The summed E-state index contributed by atoms with van der Waals surface area (Å²) >= 11 is 5.44. The summed E-state index contributed by atoms with van der Waals surface area (Å²) in [6.45, 7) is 11.9. The van der Waals surface area contributed by atoms with Crippen LogP contribution in [-0.2, 0) is 0 Å². The van der Waals surface area contributed by atoms with Gasteiger partial charge in [0.25, 0.3) is 11.8 Å². The van der Waals surface area contributed by atoms with Gasteiger partial charge in [0.15, 0.2) is 69.8 Å². The van der Waals surface area contributed by atoms with Gasteiger partial charge in [-0.15, -0.1) is 0 Å². The number of nitrogens with two attached hydrogens (primary N) is 2. The Morgan fingerprint density at radius 2 is 0.731 bits per heavy atom. The van der Waals surface area contributed by atoms with Crippen LogP contribution in [0.15, 0.2) is 293 Å². The van der Waals surface area contributed by atoms with E-state index in [4.69, 9.17) is 28.2 Å². The largest absolute Gasteiger partial charge is 0.478 e. The number of anilines is 14. The lowest BCUT2D eigenvalue weighted by Gasteiger charge is -2.23. The topological polar surface area (TPSA) is 453 Å². The molecule has 0 aliphatic rings. The fourth-order valence-electron chi connectivity index (χ4n) is 12.0. The average molecular weight is 2020 g/mol. The van der Waals surface area contributed by atoms with E-state index in [1.165, 1.54) is 171 Å².